The van der Waals surface area contributed by atoms with Gasteiger partial charge < -0.3 is 4.74 Å². The zero-order valence-electron chi connectivity index (χ0n) is 12.3. The van der Waals surface area contributed by atoms with Crippen molar-refractivity contribution in [2.45, 2.75) is 43.5 Å². The Morgan fingerprint density at radius 2 is 2.19 bits per heavy atom. The Hall–Kier alpha value is -2.03. The van der Waals surface area contributed by atoms with Gasteiger partial charge in [0.25, 0.3) is 0 Å². The van der Waals surface area contributed by atoms with Gasteiger partial charge in [-0.15, -0.1) is 5.10 Å². The minimum atomic E-state index is -0.419. The van der Waals surface area contributed by atoms with Crippen molar-refractivity contribution in [1.29, 1.82) is 0 Å². The van der Waals surface area contributed by atoms with E-state index in [1.807, 2.05) is 13.0 Å². The standard InChI is InChI=1S/C12H16N6O2S/c1-7(2)9-5-8(3)13-11(14-9)21-12-15-16-17-18(12)6-10(19)20-4/h5,7H,6H2,1-4H3. The smallest absolute Gasteiger partial charge is 0.327 e. The Morgan fingerprint density at radius 3 is 2.86 bits per heavy atom. The van der Waals surface area contributed by atoms with Crippen molar-refractivity contribution in [3.05, 3.63) is 17.5 Å². The lowest BCUT2D eigenvalue weighted by molar-refractivity contribution is -0.141. The molecule has 0 N–H and O–H groups in total. The van der Waals surface area contributed by atoms with Crippen LogP contribution in [0.25, 0.3) is 0 Å². The molecule has 2 aromatic rings. The third kappa shape index (κ3) is 3.97. The van der Waals surface area contributed by atoms with E-state index in [1.54, 1.807) is 0 Å². The number of methoxy groups -OCH3 is 1. The summed E-state index contributed by atoms with van der Waals surface area (Å²) in [5.74, 6) is -0.116. The molecule has 0 saturated carbocycles. The van der Waals surface area contributed by atoms with Gasteiger partial charge in [0.2, 0.25) is 5.16 Å². The second-order valence-electron chi connectivity index (χ2n) is 4.67. The van der Waals surface area contributed by atoms with Crippen LogP contribution in [-0.2, 0) is 16.1 Å². The van der Waals surface area contributed by atoms with Gasteiger partial charge in [-0.25, -0.2) is 14.6 Å². The van der Waals surface area contributed by atoms with E-state index in [4.69, 9.17) is 0 Å². The minimum Gasteiger partial charge on any atom is -0.468 e. The molecule has 0 aromatic carbocycles. The Balaban J connectivity index is 2.22. The Labute approximate surface area is 126 Å². The second-order valence-corrected chi connectivity index (χ2v) is 5.60. The van der Waals surface area contributed by atoms with E-state index in [-0.39, 0.29) is 6.54 Å². The first-order chi connectivity index (χ1) is 9.99. The van der Waals surface area contributed by atoms with Crippen molar-refractivity contribution in [2.75, 3.05) is 7.11 Å². The number of esters is 1. The first-order valence-electron chi connectivity index (χ1n) is 6.36. The summed E-state index contributed by atoms with van der Waals surface area (Å²) in [7, 11) is 1.32. The van der Waals surface area contributed by atoms with Crippen LogP contribution >= 0.6 is 11.8 Å². The molecule has 0 aliphatic rings. The zero-order chi connectivity index (χ0) is 15.4. The summed E-state index contributed by atoms with van der Waals surface area (Å²) in [6, 6.07) is 1.95. The number of ether oxygens (including phenoxy) is 1. The van der Waals surface area contributed by atoms with Crippen LogP contribution in [0.5, 0.6) is 0 Å². The molecular formula is C12H16N6O2S. The molecule has 9 heteroatoms. The Morgan fingerprint density at radius 1 is 1.43 bits per heavy atom. The van der Waals surface area contributed by atoms with Crippen LogP contribution in [0.15, 0.2) is 16.4 Å². The van der Waals surface area contributed by atoms with Crippen molar-refractivity contribution >= 4 is 17.7 Å². The quantitative estimate of drug-likeness (QED) is 0.601. The van der Waals surface area contributed by atoms with Crippen molar-refractivity contribution in [3.63, 3.8) is 0 Å². The lowest BCUT2D eigenvalue weighted by Crippen LogP contribution is -2.14. The van der Waals surface area contributed by atoms with Crippen molar-refractivity contribution < 1.29 is 9.53 Å². The van der Waals surface area contributed by atoms with E-state index < -0.39 is 5.97 Å². The van der Waals surface area contributed by atoms with Crippen molar-refractivity contribution in [1.82, 2.24) is 30.2 Å². The molecule has 0 aliphatic heterocycles. The van der Waals surface area contributed by atoms with E-state index in [9.17, 15) is 4.79 Å². The molecule has 0 aliphatic carbocycles. The fraction of sp³-hybridized carbons (Fsp3) is 0.500. The Kier molecular flexibility index (Phi) is 4.84. The van der Waals surface area contributed by atoms with Crippen LogP contribution in [0, 0.1) is 6.92 Å². The average Bonchev–Trinajstić information content (AvgIpc) is 2.85. The number of aromatic nitrogens is 6. The van der Waals surface area contributed by atoms with E-state index in [2.05, 4.69) is 44.1 Å². The maximum atomic E-state index is 11.3. The Bertz CT molecular complexity index is 642. The summed E-state index contributed by atoms with van der Waals surface area (Å²) in [6.07, 6.45) is 0. The van der Waals surface area contributed by atoms with Crippen LogP contribution in [0.3, 0.4) is 0 Å². The third-order valence-corrected chi connectivity index (χ3v) is 3.47. The van der Waals surface area contributed by atoms with E-state index in [1.165, 1.54) is 23.6 Å². The molecule has 0 amide bonds. The van der Waals surface area contributed by atoms with Gasteiger partial charge >= 0.3 is 5.97 Å². The largest absolute Gasteiger partial charge is 0.468 e. The fourth-order valence-corrected chi connectivity index (χ4v) is 2.33. The van der Waals surface area contributed by atoms with Crippen molar-refractivity contribution in [3.8, 4) is 0 Å². The molecule has 0 fully saturated rings. The predicted molar refractivity (Wildman–Crippen MR) is 74.8 cm³/mol. The molecule has 0 spiro atoms. The summed E-state index contributed by atoms with van der Waals surface area (Å²) in [6.45, 7) is 6.00. The molecule has 2 heterocycles. The predicted octanol–water partition coefficient (Wildman–Crippen LogP) is 1.22. The van der Waals surface area contributed by atoms with Gasteiger partial charge in [-0.1, -0.05) is 13.8 Å². The number of nitrogens with zero attached hydrogens (tertiary/aromatic N) is 6. The van der Waals surface area contributed by atoms with Gasteiger partial charge in [-0.2, -0.15) is 0 Å². The molecule has 2 aromatic heterocycles. The van der Waals surface area contributed by atoms with Gasteiger partial charge in [0.1, 0.15) is 6.54 Å². The molecule has 2 rings (SSSR count). The molecule has 0 radical (unpaired) electrons. The second kappa shape index (κ2) is 6.61. The van der Waals surface area contributed by atoms with Gasteiger partial charge in [0, 0.05) is 11.4 Å². The first kappa shape index (κ1) is 15.4. The molecular weight excluding hydrogens is 292 g/mol. The summed E-state index contributed by atoms with van der Waals surface area (Å²) in [5.41, 5.74) is 1.83. The normalized spacial score (nSPS) is 10.9. The first-order valence-corrected chi connectivity index (χ1v) is 7.17. The zero-order valence-corrected chi connectivity index (χ0v) is 13.1. The molecule has 8 nitrogen and oxygen atoms in total. The summed E-state index contributed by atoms with van der Waals surface area (Å²) < 4.78 is 5.96. The third-order valence-electron chi connectivity index (χ3n) is 2.63. The molecule has 0 atom stereocenters. The number of tetrazole rings is 1. The average molecular weight is 308 g/mol. The van der Waals surface area contributed by atoms with Crippen LogP contribution < -0.4 is 0 Å². The molecule has 0 unspecified atom stereocenters. The number of hydrogen-bond acceptors (Lipinski definition) is 8. The van der Waals surface area contributed by atoms with Crippen LogP contribution in [0.2, 0.25) is 0 Å². The van der Waals surface area contributed by atoms with Crippen LogP contribution in [0.1, 0.15) is 31.2 Å². The molecule has 21 heavy (non-hydrogen) atoms. The maximum absolute atomic E-state index is 11.3. The van der Waals surface area contributed by atoms with Gasteiger partial charge in [0.15, 0.2) is 5.16 Å². The van der Waals surface area contributed by atoms with Gasteiger partial charge in [0.05, 0.1) is 7.11 Å². The van der Waals surface area contributed by atoms with E-state index in [0.29, 0.717) is 16.2 Å². The van der Waals surface area contributed by atoms with E-state index in [0.717, 1.165) is 11.4 Å². The summed E-state index contributed by atoms with van der Waals surface area (Å²) in [5, 5.41) is 12.2. The molecule has 0 bridgehead atoms. The monoisotopic (exact) mass is 308 g/mol. The lowest BCUT2D eigenvalue weighted by Gasteiger charge is -2.07. The maximum Gasteiger partial charge on any atom is 0.327 e. The fourth-order valence-electron chi connectivity index (χ4n) is 1.54. The highest BCUT2D eigenvalue weighted by atomic mass is 32.2. The number of rotatable bonds is 5. The number of carbonyl (C=O) groups is 1. The van der Waals surface area contributed by atoms with Gasteiger partial charge in [-0.3, -0.25) is 4.79 Å². The summed E-state index contributed by atoms with van der Waals surface area (Å²) in [4.78, 5) is 20.1. The SMILES string of the molecule is COC(=O)Cn1nnnc1Sc1nc(C)cc(C(C)C)n1. The molecule has 112 valence electrons. The van der Waals surface area contributed by atoms with Crippen LogP contribution in [0.4, 0.5) is 0 Å². The van der Waals surface area contributed by atoms with Crippen molar-refractivity contribution in [2.24, 2.45) is 0 Å². The highest BCUT2D eigenvalue weighted by molar-refractivity contribution is 7.99. The highest BCUT2D eigenvalue weighted by Gasteiger charge is 2.14. The minimum absolute atomic E-state index is 0.0469. The highest BCUT2D eigenvalue weighted by Crippen LogP contribution is 2.24. The topological polar surface area (TPSA) is 95.7 Å². The van der Waals surface area contributed by atoms with Gasteiger partial charge in [-0.05, 0) is 41.1 Å². The molecule has 0 saturated heterocycles. The lowest BCUT2D eigenvalue weighted by atomic mass is 10.1. The number of hydrogen-bond donors (Lipinski definition) is 0. The van der Waals surface area contributed by atoms with E-state index >= 15 is 0 Å². The number of carbonyl (C=O) groups excluding carboxylic acids is 1. The van der Waals surface area contributed by atoms with Crippen LogP contribution in [-0.4, -0.2) is 43.3 Å². The summed E-state index contributed by atoms with van der Waals surface area (Å²) >= 11 is 1.22. The number of aryl methyl sites for hydroxylation is 1.